The van der Waals surface area contributed by atoms with Crippen LogP contribution in [0.1, 0.15) is 38.7 Å². The fourth-order valence-corrected chi connectivity index (χ4v) is 3.00. The number of allylic oxidation sites excluding steroid dienone is 3. The van der Waals surface area contributed by atoms with Gasteiger partial charge in [-0.15, -0.1) is 0 Å². The molecule has 1 aromatic rings. The number of benzene rings is 1. The number of alkyl halides is 1. The van der Waals surface area contributed by atoms with Crippen molar-refractivity contribution in [2.24, 2.45) is 5.92 Å². The van der Waals surface area contributed by atoms with Crippen molar-refractivity contribution >= 4 is 37.8 Å². The molecule has 0 heterocycles. The third-order valence-electron chi connectivity index (χ3n) is 4.38. The standard InChI is InChI=1S/C19H22Br2FNO/c1-12(2)13(3)23-18(24)6-4-5-9-19(22)11-15(19)14-7-8-16(20)17(21)10-14/h4-10,12-13,15H,11H2,1-3H3,(H,23,24)/b6-4+,9-5+. The fraction of sp³-hybridized carbons (Fsp3) is 0.421. The van der Waals surface area contributed by atoms with Gasteiger partial charge in [0.25, 0.3) is 0 Å². The summed E-state index contributed by atoms with van der Waals surface area (Å²) in [4.78, 5) is 11.7. The molecule has 1 aliphatic carbocycles. The predicted octanol–water partition coefficient (Wildman–Crippen LogP) is 5.68. The minimum atomic E-state index is -1.32. The van der Waals surface area contributed by atoms with Crippen molar-refractivity contribution < 1.29 is 9.18 Å². The minimum Gasteiger partial charge on any atom is -0.350 e. The average molecular weight is 459 g/mol. The second-order valence-electron chi connectivity index (χ2n) is 6.62. The van der Waals surface area contributed by atoms with Gasteiger partial charge in [0.1, 0.15) is 5.67 Å². The summed E-state index contributed by atoms with van der Waals surface area (Å²) in [6, 6.07) is 5.91. The van der Waals surface area contributed by atoms with Crippen molar-refractivity contribution in [3.63, 3.8) is 0 Å². The van der Waals surface area contributed by atoms with Crippen LogP contribution in [0.15, 0.2) is 51.4 Å². The van der Waals surface area contributed by atoms with Crippen molar-refractivity contribution in [2.75, 3.05) is 0 Å². The van der Waals surface area contributed by atoms with E-state index in [2.05, 4.69) is 51.0 Å². The number of amides is 1. The first-order chi connectivity index (χ1) is 11.2. The van der Waals surface area contributed by atoms with E-state index in [0.717, 1.165) is 14.5 Å². The molecule has 1 aliphatic rings. The first-order valence-corrected chi connectivity index (χ1v) is 9.62. The predicted molar refractivity (Wildman–Crippen MR) is 104 cm³/mol. The lowest BCUT2D eigenvalue weighted by Crippen LogP contribution is -2.34. The zero-order valence-electron chi connectivity index (χ0n) is 14.0. The normalized spacial score (nSPS) is 24.7. The molecule has 0 aliphatic heterocycles. The highest BCUT2D eigenvalue weighted by molar-refractivity contribution is 9.13. The molecule has 0 bridgehead atoms. The molecular formula is C19H22Br2FNO. The van der Waals surface area contributed by atoms with Crippen LogP contribution in [0.2, 0.25) is 0 Å². The number of nitrogens with one attached hydrogen (secondary N) is 1. The Bertz CT molecular complexity index is 671. The van der Waals surface area contributed by atoms with Gasteiger partial charge in [0, 0.05) is 27.0 Å². The zero-order valence-corrected chi connectivity index (χ0v) is 17.2. The van der Waals surface area contributed by atoms with Gasteiger partial charge in [-0.05, 0) is 74.9 Å². The van der Waals surface area contributed by atoms with Gasteiger partial charge in [0.2, 0.25) is 5.91 Å². The number of carbonyl (C=O) groups is 1. The van der Waals surface area contributed by atoms with E-state index in [-0.39, 0.29) is 17.9 Å². The number of halogens is 3. The Morgan fingerprint density at radius 1 is 1.29 bits per heavy atom. The Labute approximate surface area is 159 Å². The first kappa shape index (κ1) is 19.4. The Balaban J connectivity index is 1.89. The van der Waals surface area contributed by atoms with Crippen molar-refractivity contribution in [1.29, 1.82) is 0 Å². The Hall–Kier alpha value is -0.940. The van der Waals surface area contributed by atoms with Gasteiger partial charge in [-0.25, -0.2) is 4.39 Å². The van der Waals surface area contributed by atoms with Gasteiger partial charge < -0.3 is 5.32 Å². The highest BCUT2D eigenvalue weighted by Crippen LogP contribution is 2.56. The van der Waals surface area contributed by atoms with E-state index in [9.17, 15) is 9.18 Å². The topological polar surface area (TPSA) is 29.1 Å². The molecule has 130 valence electrons. The summed E-state index contributed by atoms with van der Waals surface area (Å²) >= 11 is 6.86. The number of hydrogen-bond acceptors (Lipinski definition) is 1. The molecule has 3 unspecified atom stereocenters. The highest BCUT2D eigenvalue weighted by atomic mass is 79.9. The third kappa shape index (κ3) is 5.03. The molecule has 1 fully saturated rings. The second-order valence-corrected chi connectivity index (χ2v) is 8.33. The van der Waals surface area contributed by atoms with Crippen molar-refractivity contribution in [3.05, 3.63) is 57.0 Å². The molecule has 0 radical (unpaired) electrons. The summed E-state index contributed by atoms with van der Waals surface area (Å²) in [5.74, 6) is 0.101. The van der Waals surface area contributed by atoms with E-state index in [1.807, 2.05) is 25.1 Å². The van der Waals surface area contributed by atoms with Crippen molar-refractivity contribution in [3.8, 4) is 0 Å². The second kappa shape index (κ2) is 7.96. The number of rotatable bonds is 6. The summed E-state index contributed by atoms with van der Waals surface area (Å²) in [7, 11) is 0. The number of hydrogen-bond donors (Lipinski definition) is 1. The van der Waals surface area contributed by atoms with Gasteiger partial charge in [0.05, 0.1) is 0 Å². The van der Waals surface area contributed by atoms with Crippen LogP contribution in [0.25, 0.3) is 0 Å². The Morgan fingerprint density at radius 2 is 2.00 bits per heavy atom. The van der Waals surface area contributed by atoms with Gasteiger partial charge in [-0.2, -0.15) is 0 Å². The maximum atomic E-state index is 14.7. The lowest BCUT2D eigenvalue weighted by Gasteiger charge is -2.15. The molecule has 1 saturated carbocycles. The van der Waals surface area contributed by atoms with E-state index >= 15 is 0 Å². The van der Waals surface area contributed by atoms with Gasteiger partial charge in [-0.3, -0.25) is 4.79 Å². The van der Waals surface area contributed by atoms with Crippen LogP contribution >= 0.6 is 31.9 Å². The van der Waals surface area contributed by atoms with Gasteiger partial charge in [-0.1, -0.05) is 32.1 Å². The highest BCUT2D eigenvalue weighted by Gasteiger charge is 2.54. The molecule has 3 atom stereocenters. The molecular weight excluding hydrogens is 437 g/mol. The fourth-order valence-electron chi connectivity index (χ4n) is 2.36. The molecule has 1 amide bonds. The molecule has 0 spiro atoms. The van der Waals surface area contributed by atoms with Crippen molar-refractivity contribution in [1.82, 2.24) is 5.32 Å². The van der Waals surface area contributed by atoms with E-state index in [4.69, 9.17) is 0 Å². The Kier molecular flexibility index (Phi) is 6.43. The maximum Gasteiger partial charge on any atom is 0.244 e. The van der Waals surface area contributed by atoms with Crippen LogP contribution < -0.4 is 5.32 Å². The lowest BCUT2D eigenvalue weighted by atomic mass is 10.1. The van der Waals surface area contributed by atoms with Gasteiger partial charge in [0.15, 0.2) is 0 Å². The third-order valence-corrected chi connectivity index (χ3v) is 6.26. The van der Waals surface area contributed by atoms with Crippen LogP contribution in [0.5, 0.6) is 0 Å². The number of carbonyl (C=O) groups excluding carboxylic acids is 1. The first-order valence-electron chi connectivity index (χ1n) is 8.03. The SMILES string of the molecule is CC(C)C(C)NC(=O)/C=C/C=C/C1(F)CC1c1ccc(Br)c(Br)c1. The smallest absolute Gasteiger partial charge is 0.244 e. The summed E-state index contributed by atoms with van der Waals surface area (Å²) in [6.07, 6.45) is 6.67. The van der Waals surface area contributed by atoms with E-state index < -0.39 is 5.67 Å². The monoisotopic (exact) mass is 457 g/mol. The average Bonchev–Trinajstić information content (AvgIpc) is 3.18. The molecule has 0 aromatic heterocycles. The molecule has 1 N–H and O–H groups in total. The quantitative estimate of drug-likeness (QED) is 0.431. The lowest BCUT2D eigenvalue weighted by molar-refractivity contribution is -0.117. The molecule has 24 heavy (non-hydrogen) atoms. The largest absolute Gasteiger partial charge is 0.350 e. The van der Waals surface area contributed by atoms with E-state index in [1.165, 1.54) is 6.08 Å². The molecule has 2 nitrogen and oxygen atoms in total. The molecule has 1 aromatic carbocycles. The van der Waals surface area contributed by atoms with Crippen LogP contribution in [-0.2, 0) is 4.79 Å². The summed E-state index contributed by atoms with van der Waals surface area (Å²) in [5, 5.41) is 2.88. The molecule has 2 rings (SSSR count). The summed E-state index contributed by atoms with van der Waals surface area (Å²) in [6.45, 7) is 6.07. The maximum absolute atomic E-state index is 14.7. The van der Waals surface area contributed by atoms with E-state index in [1.54, 1.807) is 18.2 Å². The van der Waals surface area contributed by atoms with Crippen molar-refractivity contribution in [2.45, 2.75) is 44.8 Å². The van der Waals surface area contributed by atoms with Crippen LogP contribution in [-0.4, -0.2) is 17.6 Å². The minimum absolute atomic E-state index is 0.113. The van der Waals surface area contributed by atoms with Gasteiger partial charge >= 0.3 is 0 Å². The molecule has 5 heteroatoms. The van der Waals surface area contributed by atoms with E-state index in [0.29, 0.717) is 12.3 Å². The van der Waals surface area contributed by atoms with Crippen LogP contribution in [0.4, 0.5) is 4.39 Å². The van der Waals surface area contributed by atoms with Crippen LogP contribution in [0, 0.1) is 5.92 Å². The summed E-state index contributed by atoms with van der Waals surface area (Å²) in [5.41, 5.74) is -0.344. The molecule has 0 saturated heterocycles. The van der Waals surface area contributed by atoms with Crippen LogP contribution in [0.3, 0.4) is 0 Å². The Morgan fingerprint density at radius 3 is 2.62 bits per heavy atom. The summed E-state index contributed by atoms with van der Waals surface area (Å²) < 4.78 is 16.6. The zero-order chi connectivity index (χ0) is 17.9.